The molecule has 1 aliphatic heterocycles. The summed E-state index contributed by atoms with van der Waals surface area (Å²) in [5, 5.41) is 0. The fourth-order valence-electron chi connectivity index (χ4n) is 3.54. The number of benzene rings is 1. The van der Waals surface area contributed by atoms with Gasteiger partial charge in [-0.3, -0.25) is 0 Å². The third-order valence-corrected chi connectivity index (χ3v) is 5.12. The Bertz CT molecular complexity index is 509. The molecular formula is C20H28O2. The van der Waals surface area contributed by atoms with Crippen LogP contribution in [0.3, 0.4) is 0 Å². The minimum atomic E-state index is -0.265. The van der Waals surface area contributed by atoms with Crippen molar-refractivity contribution in [3.8, 4) is 0 Å². The van der Waals surface area contributed by atoms with Crippen molar-refractivity contribution in [1.29, 1.82) is 0 Å². The van der Waals surface area contributed by atoms with Crippen molar-refractivity contribution in [3.63, 3.8) is 0 Å². The highest BCUT2D eigenvalue weighted by Gasteiger charge is 2.37. The minimum absolute atomic E-state index is 0.265. The first kappa shape index (κ1) is 15.8. The van der Waals surface area contributed by atoms with E-state index in [9.17, 15) is 0 Å². The first-order valence-electron chi connectivity index (χ1n) is 8.69. The molecule has 120 valence electrons. The van der Waals surface area contributed by atoms with Gasteiger partial charge >= 0.3 is 0 Å². The van der Waals surface area contributed by atoms with E-state index in [0.29, 0.717) is 5.92 Å². The lowest BCUT2D eigenvalue weighted by molar-refractivity contribution is -0.161. The molecule has 3 rings (SSSR count). The van der Waals surface area contributed by atoms with E-state index in [1.807, 2.05) is 0 Å². The van der Waals surface area contributed by atoms with Gasteiger partial charge in [-0.15, -0.1) is 0 Å². The zero-order valence-electron chi connectivity index (χ0n) is 13.9. The van der Waals surface area contributed by atoms with E-state index in [4.69, 9.17) is 9.47 Å². The van der Waals surface area contributed by atoms with Gasteiger partial charge in [-0.2, -0.15) is 0 Å². The van der Waals surface area contributed by atoms with Crippen molar-refractivity contribution in [2.24, 2.45) is 0 Å². The van der Waals surface area contributed by atoms with E-state index in [-0.39, 0.29) is 5.79 Å². The number of aryl methyl sites for hydroxylation is 1. The van der Waals surface area contributed by atoms with Crippen LogP contribution < -0.4 is 0 Å². The Morgan fingerprint density at radius 1 is 1.14 bits per heavy atom. The Hall–Kier alpha value is -1.12. The Kier molecular flexibility index (Phi) is 5.00. The predicted octanol–water partition coefficient (Wildman–Crippen LogP) is 5.12. The molecule has 0 aromatic heterocycles. The molecule has 0 saturated carbocycles. The number of hydrogen-bond acceptors (Lipinski definition) is 2. The largest absolute Gasteiger partial charge is 0.347 e. The molecule has 0 radical (unpaired) electrons. The molecule has 1 aromatic carbocycles. The molecule has 2 nitrogen and oxygen atoms in total. The van der Waals surface area contributed by atoms with Crippen LogP contribution in [-0.2, 0) is 9.47 Å². The fourth-order valence-corrected chi connectivity index (χ4v) is 3.54. The van der Waals surface area contributed by atoms with Gasteiger partial charge in [0.15, 0.2) is 5.79 Å². The SMILES string of the molecule is Cc1ccc(C(C)CCCC2=CCC3(CC2)OCCO3)cc1. The number of ether oxygens (including phenoxy) is 2. The van der Waals surface area contributed by atoms with Crippen LogP contribution in [0.15, 0.2) is 35.9 Å². The molecule has 1 saturated heterocycles. The molecule has 2 aliphatic rings. The van der Waals surface area contributed by atoms with Crippen molar-refractivity contribution in [2.45, 2.75) is 64.1 Å². The second-order valence-electron chi connectivity index (χ2n) is 6.88. The van der Waals surface area contributed by atoms with Crippen LogP contribution in [0.2, 0.25) is 0 Å². The van der Waals surface area contributed by atoms with Gasteiger partial charge in [0.25, 0.3) is 0 Å². The summed E-state index contributed by atoms with van der Waals surface area (Å²) in [6, 6.07) is 8.99. The topological polar surface area (TPSA) is 18.5 Å². The third-order valence-electron chi connectivity index (χ3n) is 5.12. The maximum Gasteiger partial charge on any atom is 0.172 e. The van der Waals surface area contributed by atoms with Crippen molar-refractivity contribution >= 4 is 0 Å². The number of hydrogen-bond donors (Lipinski definition) is 0. The minimum Gasteiger partial charge on any atom is -0.347 e. The second-order valence-corrected chi connectivity index (χ2v) is 6.88. The van der Waals surface area contributed by atoms with Crippen LogP contribution in [0.4, 0.5) is 0 Å². The third kappa shape index (κ3) is 3.80. The van der Waals surface area contributed by atoms with E-state index in [1.165, 1.54) is 30.4 Å². The van der Waals surface area contributed by atoms with E-state index >= 15 is 0 Å². The van der Waals surface area contributed by atoms with Crippen LogP contribution >= 0.6 is 0 Å². The van der Waals surface area contributed by atoms with Gasteiger partial charge in [0.2, 0.25) is 0 Å². The normalized spacial score (nSPS) is 21.8. The standard InChI is InChI=1S/C20H28O2/c1-16-6-8-19(9-7-16)17(2)4-3-5-18-10-12-20(13-11-18)21-14-15-22-20/h6-10,17H,3-5,11-15H2,1-2H3. The van der Waals surface area contributed by atoms with Crippen molar-refractivity contribution in [1.82, 2.24) is 0 Å². The van der Waals surface area contributed by atoms with E-state index in [0.717, 1.165) is 32.5 Å². The maximum absolute atomic E-state index is 5.77. The van der Waals surface area contributed by atoms with Gasteiger partial charge in [-0.25, -0.2) is 0 Å². The van der Waals surface area contributed by atoms with E-state index in [2.05, 4.69) is 44.2 Å². The summed E-state index contributed by atoms with van der Waals surface area (Å²) in [4.78, 5) is 0. The molecule has 0 bridgehead atoms. The predicted molar refractivity (Wildman–Crippen MR) is 90.0 cm³/mol. The average molecular weight is 300 g/mol. The molecular weight excluding hydrogens is 272 g/mol. The smallest absolute Gasteiger partial charge is 0.172 e. The molecule has 1 atom stereocenters. The Balaban J connectivity index is 1.43. The van der Waals surface area contributed by atoms with Crippen LogP contribution in [0.1, 0.15) is 62.5 Å². The van der Waals surface area contributed by atoms with Gasteiger partial charge in [0.05, 0.1) is 13.2 Å². The highest BCUT2D eigenvalue weighted by atomic mass is 16.7. The highest BCUT2D eigenvalue weighted by Crippen LogP contribution is 2.36. The Labute approximate surface area is 134 Å². The first-order valence-corrected chi connectivity index (χ1v) is 8.69. The molecule has 1 heterocycles. The van der Waals surface area contributed by atoms with Gasteiger partial charge in [-0.1, -0.05) is 48.4 Å². The molecule has 1 spiro atoms. The van der Waals surface area contributed by atoms with Crippen molar-refractivity contribution in [3.05, 3.63) is 47.0 Å². The lowest BCUT2D eigenvalue weighted by Gasteiger charge is -2.30. The molecule has 1 aromatic rings. The average Bonchev–Trinajstić information content (AvgIpc) is 2.98. The summed E-state index contributed by atoms with van der Waals surface area (Å²) in [7, 11) is 0. The summed E-state index contributed by atoms with van der Waals surface area (Å²) in [5.74, 6) is 0.385. The van der Waals surface area contributed by atoms with Gasteiger partial charge in [0.1, 0.15) is 0 Å². The molecule has 2 heteroatoms. The molecule has 0 N–H and O–H groups in total. The summed E-state index contributed by atoms with van der Waals surface area (Å²) in [6.07, 6.45) is 9.24. The van der Waals surface area contributed by atoms with Crippen molar-refractivity contribution in [2.75, 3.05) is 13.2 Å². The van der Waals surface area contributed by atoms with Gasteiger partial charge in [0, 0.05) is 12.8 Å². The zero-order valence-corrected chi connectivity index (χ0v) is 13.9. The van der Waals surface area contributed by atoms with Crippen molar-refractivity contribution < 1.29 is 9.47 Å². The lowest BCUT2D eigenvalue weighted by Crippen LogP contribution is -2.31. The quantitative estimate of drug-likeness (QED) is 0.702. The molecule has 22 heavy (non-hydrogen) atoms. The van der Waals surface area contributed by atoms with E-state index < -0.39 is 0 Å². The Morgan fingerprint density at radius 2 is 1.86 bits per heavy atom. The molecule has 1 fully saturated rings. The van der Waals surface area contributed by atoms with Crippen LogP contribution in [0.5, 0.6) is 0 Å². The number of rotatable bonds is 5. The fraction of sp³-hybridized carbons (Fsp3) is 0.600. The zero-order chi connectivity index (χ0) is 15.4. The second kappa shape index (κ2) is 6.97. The van der Waals surface area contributed by atoms with Crippen LogP contribution in [0, 0.1) is 6.92 Å². The highest BCUT2D eigenvalue weighted by molar-refractivity contribution is 5.24. The van der Waals surface area contributed by atoms with Gasteiger partial charge < -0.3 is 9.47 Å². The summed E-state index contributed by atoms with van der Waals surface area (Å²) in [5.41, 5.74) is 4.41. The lowest BCUT2D eigenvalue weighted by atomic mass is 9.89. The van der Waals surface area contributed by atoms with Crippen LogP contribution in [0.25, 0.3) is 0 Å². The monoisotopic (exact) mass is 300 g/mol. The van der Waals surface area contributed by atoms with Gasteiger partial charge in [-0.05, 0) is 44.1 Å². The summed E-state index contributed by atoms with van der Waals surface area (Å²) >= 11 is 0. The number of allylic oxidation sites excluding steroid dienone is 1. The molecule has 0 amide bonds. The first-order chi connectivity index (χ1) is 10.7. The Morgan fingerprint density at radius 3 is 2.50 bits per heavy atom. The van der Waals surface area contributed by atoms with Crippen LogP contribution in [-0.4, -0.2) is 19.0 Å². The summed E-state index contributed by atoms with van der Waals surface area (Å²) in [6.45, 7) is 6.01. The summed E-state index contributed by atoms with van der Waals surface area (Å²) < 4.78 is 11.5. The molecule has 1 aliphatic carbocycles. The maximum atomic E-state index is 5.77. The molecule has 1 unspecified atom stereocenters. The van der Waals surface area contributed by atoms with E-state index in [1.54, 1.807) is 5.57 Å².